The second kappa shape index (κ2) is 4.51. The molecule has 3 N–H and O–H groups in total. The van der Waals surface area contributed by atoms with Crippen molar-refractivity contribution in [1.82, 2.24) is 9.97 Å². The summed E-state index contributed by atoms with van der Waals surface area (Å²) in [6.07, 6.45) is 0. The minimum Gasteiger partial charge on any atom is -0.398 e. The Balaban J connectivity index is 2.17. The molecule has 0 aliphatic rings. The van der Waals surface area contributed by atoms with Gasteiger partial charge in [-0.15, -0.1) is 0 Å². The molecule has 3 aromatic rings. The zero-order valence-electron chi connectivity index (χ0n) is 9.55. The van der Waals surface area contributed by atoms with E-state index in [4.69, 9.17) is 17.3 Å². The average Bonchev–Trinajstić information content (AvgIpc) is 2.76. The molecule has 96 valence electrons. The number of fused-ring (bicyclic) bond motifs is 1. The van der Waals surface area contributed by atoms with Gasteiger partial charge in [-0.1, -0.05) is 11.6 Å². The van der Waals surface area contributed by atoms with Crippen molar-refractivity contribution in [1.29, 1.82) is 0 Å². The summed E-state index contributed by atoms with van der Waals surface area (Å²) in [7, 11) is 0. The van der Waals surface area contributed by atoms with Gasteiger partial charge < -0.3 is 10.7 Å². The van der Waals surface area contributed by atoms with Crippen LogP contribution in [0.25, 0.3) is 22.4 Å². The molecule has 0 radical (unpaired) electrons. The first-order chi connectivity index (χ1) is 9.04. The zero-order valence-corrected chi connectivity index (χ0v) is 11.9. The van der Waals surface area contributed by atoms with Crippen LogP contribution in [0, 0.1) is 5.82 Å². The second-order valence-electron chi connectivity index (χ2n) is 4.11. The molecule has 0 aliphatic heterocycles. The molecule has 1 aromatic heterocycles. The summed E-state index contributed by atoms with van der Waals surface area (Å²) in [5.41, 5.74) is 8.35. The number of hydrogen-bond donors (Lipinski definition) is 2. The Kier molecular flexibility index (Phi) is 2.95. The van der Waals surface area contributed by atoms with Crippen molar-refractivity contribution >= 4 is 44.3 Å². The number of rotatable bonds is 1. The fourth-order valence-corrected chi connectivity index (χ4v) is 2.28. The Morgan fingerprint density at radius 1 is 1.26 bits per heavy atom. The van der Waals surface area contributed by atoms with Crippen LogP contribution in [0.15, 0.2) is 34.8 Å². The van der Waals surface area contributed by atoms with E-state index in [1.807, 2.05) is 6.07 Å². The molecule has 6 heteroatoms. The van der Waals surface area contributed by atoms with E-state index < -0.39 is 0 Å². The van der Waals surface area contributed by atoms with Crippen LogP contribution in [-0.4, -0.2) is 9.97 Å². The smallest absolute Gasteiger partial charge is 0.139 e. The summed E-state index contributed by atoms with van der Waals surface area (Å²) in [6.45, 7) is 0. The van der Waals surface area contributed by atoms with Gasteiger partial charge in [0.05, 0.1) is 26.2 Å². The lowest BCUT2D eigenvalue weighted by Gasteiger charge is -2.00. The van der Waals surface area contributed by atoms with Crippen molar-refractivity contribution in [2.45, 2.75) is 0 Å². The largest absolute Gasteiger partial charge is 0.398 e. The van der Waals surface area contributed by atoms with E-state index in [1.54, 1.807) is 18.2 Å². The first kappa shape index (κ1) is 12.4. The van der Waals surface area contributed by atoms with Crippen LogP contribution >= 0.6 is 27.5 Å². The van der Waals surface area contributed by atoms with Crippen LogP contribution in [0.3, 0.4) is 0 Å². The highest BCUT2D eigenvalue weighted by molar-refractivity contribution is 9.10. The van der Waals surface area contributed by atoms with Crippen molar-refractivity contribution in [3.05, 3.63) is 45.6 Å². The zero-order chi connectivity index (χ0) is 13.6. The topological polar surface area (TPSA) is 54.7 Å². The summed E-state index contributed by atoms with van der Waals surface area (Å²) in [6, 6.07) is 8.27. The number of imidazole rings is 1. The summed E-state index contributed by atoms with van der Waals surface area (Å²) >= 11 is 9.01. The van der Waals surface area contributed by atoms with Crippen LogP contribution in [-0.2, 0) is 0 Å². The third-order valence-electron chi connectivity index (χ3n) is 2.79. The number of nitrogens with two attached hydrogens (primary N) is 1. The first-order valence-corrected chi connectivity index (χ1v) is 6.62. The standard InChI is InChI=1S/C13H8BrClFN3/c14-7-4-11-12(5-9(7)16)19-13(18-11)6-1-2-8(15)10(17)3-6/h1-5H,17H2,(H,18,19). The molecule has 3 nitrogen and oxygen atoms in total. The fourth-order valence-electron chi connectivity index (χ4n) is 1.83. The van der Waals surface area contributed by atoms with Gasteiger partial charge in [-0.2, -0.15) is 0 Å². The number of hydrogen-bond acceptors (Lipinski definition) is 2. The number of H-pyrrole nitrogens is 1. The molecule has 0 atom stereocenters. The Hall–Kier alpha value is -1.59. The van der Waals surface area contributed by atoms with E-state index >= 15 is 0 Å². The predicted octanol–water partition coefficient (Wildman–Crippen LogP) is 4.37. The van der Waals surface area contributed by atoms with Gasteiger partial charge >= 0.3 is 0 Å². The molecule has 19 heavy (non-hydrogen) atoms. The van der Waals surface area contributed by atoms with Crippen molar-refractivity contribution in [2.24, 2.45) is 0 Å². The quantitative estimate of drug-likeness (QED) is 0.646. The van der Waals surface area contributed by atoms with E-state index in [0.29, 0.717) is 32.0 Å². The number of halogens is 3. The Morgan fingerprint density at radius 3 is 2.79 bits per heavy atom. The van der Waals surface area contributed by atoms with Crippen LogP contribution in [0.4, 0.5) is 10.1 Å². The monoisotopic (exact) mass is 339 g/mol. The molecular formula is C13H8BrClFN3. The Labute approximate surface area is 121 Å². The molecule has 0 amide bonds. The van der Waals surface area contributed by atoms with Crippen molar-refractivity contribution in [2.75, 3.05) is 5.73 Å². The number of nitrogen functional groups attached to an aromatic ring is 1. The van der Waals surface area contributed by atoms with Gasteiger partial charge in [-0.25, -0.2) is 9.37 Å². The lowest BCUT2D eigenvalue weighted by atomic mass is 10.2. The van der Waals surface area contributed by atoms with E-state index in [1.165, 1.54) is 6.07 Å². The van der Waals surface area contributed by atoms with Crippen LogP contribution in [0.2, 0.25) is 5.02 Å². The van der Waals surface area contributed by atoms with E-state index in [2.05, 4.69) is 25.9 Å². The molecule has 0 unspecified atom stereocenters. The predicted molar refractivity (Wildman–Crippen MR) is 78.6 cm³/mol. The molecule has 0 aliphatic carbocycles. The summed E-state index contributed by atoms with van der Waals surface area (Å²) < 4.78 is 13.8. The van der Waals surface area contributed by atoms with Crippen LogP contribution in [0.1, 0.15) is 0 Å². The number of nitrogens with one attached hydrogen (secondary N) is 1. The summed E-state index contributed by atoms with van der Waals surface area (Å²) in [5.74, 6) is 0.286. The molecule has 2 aromatic carbocycles. The number of aromatic nitrogens is 2. The highest BCUT2D eigenvalue weighted by Gasteiger charge is 2.09. The van der Waals surface area contributed by atoms with Gasteiger partial charge in [0.2, 0.25) is 0 Å². The number of anilines is 1. The Bertz CT molecular complexity index is 746. The molecule has 1 heterocycles. The fraction of sp³-hybridized carbons (Fsp3) is 0. The normalized spacial score (nSPS) is 11.1. The van der Waals surface area contributed by atoms with Gasteiger partial charge in [-0.05, 0) is 40.2 Å². The maximum Gasteiger partial charge on any atom is 0.139 e. The average molecular weight is 341 g/mol. The third kappa shape index (κ3) is 2.19. The lowest BCUT2D eigenvalue weighted by Crippen LogP contribution is -1.88. The number of nitrogens with zero attached hydrogens (tertiary/aromatic N) is 1. The highest BCUT2D eigenvalue weighted by atomic mass is 79.9. The molecular weight excluding hydrogens is 333 g/mol. The summed E-state index contributed by atoms with van der Waals surface area (Å²) in [5, 5.41) is 0.494. The van der Waals surface area contributed by atoms with Crippen molar-refractivity contribution < 1.29 is 4.39 Å². The molecule has 0 fully saturated rings. The maximum absolute atomic E-state index is 13.4. The van der Waals surface area contributed by atoms with Crippen molar-refractivity contribution in [3.8, 4) is 11.4 Å². The Morgan fingerprint density at radius 2 is 2.05 bits per heavy atom. The minimum absolute atomic E-state index is 0.335. The molecule has 0 bridgehead atoms. The van der Waals surface area contributed by atoms with E-state index in [9.17, 15) is 4.39 Å². The van der Waals surface area contributed by atoms with Gasteiger partial charge in [0.15, 0.2) is 0 Å². The first-order valence-electron chi connectivity index (χ1n) is 5.45. The maximum atomic E-state index is 13.4. The van der Waals surface area contributed by atoms with E-state index in [0.717, 1.165) is 5.56 Å². The molecule has 0 saturated heterocycles. The van der Waals surface area contributed by atoms with Crippen molar-refractivity contribution in [3.63, 3.8) is 0 Å². The number of benzene rings is 2. The lowest BCUT2D eigenvalue weighted by molar-refractivity contribution is 0.623. The molecule has 3 rings (SSSR count). The second-order valence-corrected chi connectivity index (χ2v) is 5.37. The summed E-state index contributed by atoms with van der Waals surface area (Å²) in [4.78, 5) is 7.46. The molecule has 0 spiro atoms. The van der Waals surface area contributed by atoms with Gasteiger partial charge in [0, 0.05) is 11.6 Å². The molecule has 0 saturated carbocycles. The van der Waals surface area contributed by atoms with Gasteiger partial charge in [0.1, 0.15) is 11.6 Å². The van der Waals surface area contributed by atoms with Crippen LogP contribution < -0.4 is 5.73 Å². The SMILES string of the molecule is Nc1cc(-c2nc3cc(Br)c(F)cc3[nH]2)ccc1Cl. The highest BCUT2D eigenvalue weighted by Crippen LogP contribution is 2.28. The third-order valence-corrected chi connectivity index (χ3v) is 3.75. The minimum atomic E-state index is -0.335. The van der Waals surface area contributed by atoms with E-state index in [-0.39, 0.29) is 5.82 Å². The van der Waals surface area contributed by atoms with Crippen LogP contribution in [0.5, 0.6) is 0 Å². The van der Waals surface area contributed by atoms with Gasteiger partial charge in [-0.3, -0.25) is 0 Å². The van der Waals surface area contributed by atoms with Gasteiger partial charge in [0.25, 0.3) is 0 Å². The number of aromatic amines is 1.